The number of amides is 5. The molecule has 5 atom stereocenters. The van der Waals surface area contributed by atoms with Crippen LogP contribution in [0.5, 0.6) is 0 Å². The van der Waals surface area contributed by atoms with Gasteiger partial charge in [0, 0.05) is 6.54 Å². The highest BCUT2D eigenvalue weighted by Gasteiger charge is 2.44. The third-order valence-corrected chi connectivity index (χ3v) is 9.85. The van der Waals surface area contributed by atoms with E-state index in [1.165, 1.54) is 4.90 Å². The van der Waals surface area contributed by atoms with Crippen LogP contribution in [0.2, 0.25) is 0 Å². The van der Waals surface area contributed by atoms with E-state index in [0.717, 1.165) is 51.4 Å². The molecule has 1 saturated heterocycles. The Labute approximate surface area is 289 Å². The average molecular weight is 692 g/mol. The molecule has 14 nitrogen and oxygen atoms in total. The molecule has 3 rings (SSSR count). The van der Waals surface area contributed by atoms with Gasteiger partial charge in [0.15, 0.2) is 0 Å². The van der Waals surface area contributed by atoms with E-state index in [2.05, 4.69) is 21.3 Å². The topological polar surface area (TPSA) is 200 Å². The van der Waals surface area contributed by atoms with Crippen molar-refractivity contribution in [3.8, 4) is 0 Å². The lowest BCUT2D eigenvalue weighted by atomic mass is 9.83. The minimum atomic E-state index is -1.19. The number of aliphatic carboxylic acids is 1. The van der Waals surface area contributed by atoms with E-state index in [1.54, 1.807) is 6.92 Å². The summed E-state index contributed by atoms with van der Waals surface area (Å²) in [6.45, 7) is 7.45. The number of rotatable bonds is 16. The van der Waals surface area contributed by atoms with E-state index in [1.807, 2.05) is 20.8 Å². The maximum atomic E-state index is 14.1. The Morgan fingerprint density at radius 3 is 1.98 bits per heavy atom. The lowest BCUT2D eigenvalue weighted by Crippen LogP contribution is -2.58. The number of carboxylic acid groups (broad SMARTS) is 1. The van der Waals surface area contributed by atoms with Crippen molar-refractivity contribution in [1.29, 1.82) is 0 Å². The number of hydrogen-bond acceptors (Lipinski definition) is 8. The van der Waals surface area contributed by atoms with Gasteiger partial charge in [-0.3, -0.25) is 24.0 Å². The molecule has 2 saturated carbocycles. The summed E-state index contributed by atoms with van der Waals surface area (Å²) in [6.07, 6.45) is 8.89. The quantitative estimate of drug-likeness (QED) is 0.151. The molecule has 2 unspecified atom stereocenters. The second-order valence-corrected chi connectivity index (χ2v) is 14.5. The van der Waals surface area contributed by atoms with E-state index < -0.39 is 66.3 Å². The number of ether oxygens (including phenoxy) is 1. The fourth-order valence-electron chi connectivity index (χ4n) is 7.28. The third kappa shape index (κ3) is 12.0. The number of likely N-dealkylation sites (tertiary alicyclic amines) is 1. The first-order valence-corrected chi connectivity index (χ1v) is 18.2. The average Bonchev–Trinajstić information content (AvgIpc) is 3.49. The van der Waals surface area contributed by atoms with Crippen LogP contribution in [0.25, 0.3) is 0 Å². The molecular formula is C35H57N5O9. The summed E-state index contributed by atoms with van der Waals surface area (Å²) in [5, 5.41) is 19.9. The third-order valence-electron chi connectivity index (χ3n) is 9.85. The summed E-state index contributed by atoms with van der Waals surface area (Å²) in [5.41, 5.74) is 0. The second-order valence-electron chi connectivity index (χ2n) is 14.5. The Morgan fingerprint density at radius 2 is 1.43 bits per heavy atom. The Kier molecular flexibility index (Phi) is 15.8. The smallest absolute Gasteiger partial charge is 0.407 e. The summed E-state index contributed by atoms with van der Waals surface area (Å²) >= 11 is 0. The maximum Gasteiger partial charge on any atom is 0.407 e. The molecule has 0 radical (unpaired) electrons. The van der Waals surface area contributed by atoms with Crippen LogP contribution >= 0.6 is 0 Å². The number of Topliss-reactive ketones (excluding diaryl/α,β-unsaturated/α-hetero) is 1. The van der Waals surface area contributed by atoms with Crippen molar-refractivity contribution in [3.63, 3.8) is 0 Å². The standard InChI is InChI=1S/C35H57N5O9/c1-5-12-25(30(42)32(44)36-18-27(41)38-29(34(46)47)24-15-10-7-11-16-24)37-31(43)26-17-22(4)19-40(26)33(45)28(23-13-8-6-9-14-23)39-35(48)49-20-21(2)3/h21-26,28-29H,5-20H2,1-4H3,(H,36,44)(H,37,43)(H,38,41)(H,39,48)(H,46,47)/t22-,25?,26+,28+,29?/m1/s1. The molecule has 5 amide bonds. The molecule has 1 heterocycles. The lowest BCUT2D eigenvalue weighted by Gasteiger charge is -2.34. The molecule has 0 aromatic heterocycles. The predicted molar refractivity (Wildman–Crippen MR) is 180 cm³/mol. The molecule has 2 aliphatic carbocycles. The molecule has 276 valence electrons. The Hall–Kier alpha value is -3.71. The van der Waals surface area contributed by atoms with Crippen molar-refractivity contribution in [2.45, 2.75) is 135 Å². The summed E-state index contributed by atoms with van der Waals surface area (Å²) in [7, 11) is 0. The summed E-state index contributed by atoms with van der Waals surface area (Å²) in [6, 6.07) is -4.04. The molecule has 0 aromatic rings. The number of carboxylic acids is 1. The monoisotopic (exact) mass is 691 g/mol. The Bertz CT molecular complexity index is 1180. The van der Waals surface area contributed by atoms with Gasteiger partial charge in [0.2, 0.25) is 23.5 Å². The van der Waals surface area contributed by atoms with Gasteiger partial charge in [0.05, 0.1) is 19.2 Å². The largest absolute Gasteiger partial charge is 0.480 e. The summed E-state index contributed by atoms with van der Waals surface area (Å²) in [5.74, 6) is -5.03. The van der Waals surface area contributed by atoms with E-state index in [4.69, 9.17) is 4.74 Å². The van der Waals surface area contributed by atoms with Gasteiger partial charge in [-0.2, -0.15) is 0 Å². The Morgan fingerprint density at radius 1 is 0.837 bits per heavy atom. The van der Waals surface area contributed by atoms with Crippen LogP contribution in [0.1, 0.15) is 111 Å². The van der Waals surface area contributed by atoms with E-state index in [-0.39, 0.29) is 42.6 Å². The zero-order chi connectivity index (χ0) is 36.1. The van der Waals surface area contributed by atoms with Crippen LogP contribution < -0.4 is 21.3 Å². The van der Waals surface area contributed by atoms with Gasteiger partial charge in [-0.05, 0) is 62.2 Å². The molecule has 5 N–H and O–H groups in total. The molecule has 3 fully saturated rings. The molecule has 0 spiro atoms. The van der Waals surface area contributed by atoms with Crippen LogP contribution in [0.4, 0.5) is 4.79 Å². The van der Waals surface area contributed by atoms with Crippen LogP contribution in [0, 0.1) is 23.7 Å². The number of ketones is 1. The van der Waals surface area contributed by atoms with Crippen LogP contribution in [0.3, 0.4) is 0 Å². The SMILES string of the molecule is CCCC(NC(=O)[C@@H]1C[C@@H](C)CN1C(=O)[C@@H](NC(=O)OCC(C)C)C1CCCCC1)C(=O)C(=O)NCC(=O)NC(C(=O)O)C1CCCCC1. The number of nitrogens with one attached hydrogen (secondary N) is 4. The van der Waals surface area contributed by atoms with Gasteiger partial charge >= 0.3 is 12.1 Å². The molecule has 1 aliphatic heterocycles. The van der Waals surface area contributed by atoms with Gasteiger partial charge in [-0.1, -0.05) is 72.6 Å². The molecular weight excluding hydrogens is 634 g/mol. The highest BCUT2D eigenvalue weighted by atomic mass is 16.5. The summed E-state index contributed by atoms with van der Waals surface area (Å²) in [4.78, 5) is 92.4. The van der Waals surface area contributed by atoms with E-state index in [9.17, 15) is 38.7 Å². The lowest BCUT2D eigenvalue weighted by molar-refractivity contribution is -0.144. The van der Waals surface area contributed by atoms with Crippen LogP contribution in [-0.2, 0) is 33.5 Å². The normalized spacial score (nSPS) is 22.0. The fourth-order valence-corrected chi connectivity index (χ4v) is 7.28. The van der Waals surface area contributed by atoms with Gasteiger partial charge < -0.3 is 36.0 Å². The first-order chi connectivity index (χ1) is 23.3. The van der Waals surface area contributed by atoms with Crippen molar-refractivity contribution in [2.24, 2.45) is 23.7 Å². The molecule has 14 heteroatoms. The number of alkyl carbamates (subject to hydrolysis) is 1. The summed E-state index contributed by atoms with van der Waals surface area (Å²) < 4.78 is 5.33. The zero-order valence-electron chi connectivity index (χ0n) is 29.6. The van der Waals surface area contributed by atoms with Gasteiger partial charge in [-0.25, -0.2) is 9.59 Å². The van der Waals surface area contributed by atoms with Crippen molar-refractivity contribution in [1.82, 2.24) is 26.2 Å². The highest BCUT2D eigenvalue weighted by Crippen LogP contribution is 2.31. The minimum Gasteiger partial charge on any atom is -0.480 e. The van der Waals surface area contributed by atoms with Crippen molar-refractivity contribution in [3.05, 3.63) is 0 Å². The highest BCUT2D eigenvalue weighted by molar-refractivity contribution is 6.38. The molecule has 0 bridgehead atoms. The first kappa shape index (κ1) is 39.7. The van der Waals surface area contributed by atoms with Gasteiger partial charge in [0.25, 0.3) is 5.91 Å². The first-order valence-electron chi connectivity index (χ1n) is 18.2. The van der Waals surface area contributed by atoms with Crippen molar-refractivity contribution < 1.29 is 43.4 Å². The van der Waals surface area contributed by atoms with E-state index in [0.29, 0.717) is 32.2 Å². The van der Waals surface area contributed by atoms with Crippen LogP contribution in [0.15, 0.2) is 0 Å². The Balaban J connectivity index is 1.64. The second kappa shape index (κ2) is 19.5. The predicted octanol–water partition coefficient (Wildman–Crippen LogP) is 2.67. The van der Waals surface area contributed by atoms with Crippen molar-refractivity contribution in [2.75, 3.05) is 19.7 Å². The van der Waals surface area contributed by atoms with Crippen LogP contribution in [-0.4, -0.2) is 95.3 Å². The molecule has 3 aliphatic rings. The van der Waals surface area contributed by atoms with Gasteiger partial charge in [-0.15, -0.1) is 0 Å². The number of hydrogen-bond donors (Lipinski definition) is 5. The maximum absolute atomic E-state index is 14.1. The van der Waals surface area contributed by atoms with E-state index >= 15 is 0 Å². The number of nitrogens with zero attached hydrogens (tertiary/aromatic N) is 1. The number of carbonyl (C=O) groups excluding carboxylic acids is 6. The minimum absolute atomic E-state index is 0.0232. The number of carbonyl (C=O) groups is 7. The van der Waals surface area contributed by atoms with Gasteiger partial charge in [0.1, 0.15) is 18.1 Å². The zero-order valence-corrected chi connectivity index (χ0v) is 29.6. The molecule has 49 heavy (non-hydrogen) atoms. The fraction of sp³-hybridized carbons (Fsp3) is 0.800. The van der Waals surface area contributed by atoms with Crippen molar-refractivity contribution >= 4 is 41.5 Å². The molecule has 0 aromatic carbocycles.